The topological polar surface area (TPSA) is 6.48 Å². The third-order valence-electron chi connectivity index (χ3n) is 1.91. The summed E-state index contributed by atoms with van der Waals surface area (Å²) in [6.07, 6.45) is -1.92. The van der Waals surface area contributed by atoms with Crippen LogP contribution in [0.3, 0.4) is 0 Å². The van der Waals surface area contributed by atoms with Gasteiger partial charge in [0, 0.05) is 13.1 Å². The Labute approximate surface area is 59.4 Å². The van der Waals surface area contributed by atoms with Crippen LogP contribution in [0.1, 0.15) is 6.42 Å². The molecular formula is C6H12F2N2. The molecule has 0 radical (unpaired) electrons. The quantitative estimate of drug-likeness (QED) is 0.471. The summed E-state index contributed by atoms with van der Waals surface area (Å²) in [5.41, 5.74) is 0. The second kappa shape index (κ2) is 2.43. The van der Waals surface area contributed by atoms with Crippen LogP contribution in [0.5, 0.6) is 0 Å². The van der Waals surface area contributed by atoms with Crippen LogP contribution in [0, 0.1) is 0 Å². The maximum Gasteiger partial charge on any atom is 0.369 e. The van der Waals surface area contributed by atoms with E-state index < -0.39 is 6.17 Å². The van der Waals surface area contributed by atoms with Crippen LogP contribution >= 0.6 is 0 Å². The van der Waals surface area contributed by atoms with Gasteiger partial charge in [0.15, 0.2) is 0 Å². The highest BCUT2D eigenvalue weighted by Crippen LogP contribution is 2.25. The Morgan fingerprint density at radius 1 is 1.10 bits per heavy atom. The molecule has 0 aromatic rings. The minimum Gasteiger partial charge on any atom is -0.233 e. The third kappa shape index (κ3) is 1.13. The van der Waals surface area contributed by atoms with E-state index in [1.165, 1.54) is 14.1 Å². The van der Waals surface area contributed by atoms with Crippen LogP contribution in [0.25, 0.3) is 0 Å². The molecule has 0 N–H and O–H groups in total. The Kier molecular flexibility index (Phi) is 1.92. The van der Waals surface area contributed by atoms with Crippen LogP contribution in [0.15, 0.2) is 0 Å². The molecule has 1 fully saturated rings. The van der Waals surface area contributed by atoms with Gasteiger partial charge in [0.2, 0.25) is 0 Å². The van der Waals surface area contributed by atoms with Gasteiger partial charge in [-0.1, -0.05) is 0 Å². The van der Waals surface area contributed by atoms with E-state index in [1.54, 1.807) is 0 Å². The lowest BCUT2D eigenvalue weighted by molar-refractivity contribution is -0.251. The highest BCUT2D eigenvalue weighted by molar-refractivity contribution is 4.71. The molecule has 10 heavy (non-hydrogen) atoms. The lowest BCUT2D eigenvalue weighted by Crippen LogP contribution is -2.55. The van der Waals surface area contributed by atoms with E-state index in [-0.39, 0.29) is 0 Å². The predicted octanol–water partition coefficient (Wildman–Crippen LogP) is 0.804. The van der Waals surface area contributed by atoms with Gasteiger partial charge in [0.25, 0.3) is 0 Å². The number of hydrogen-bond acceptors (Lipinski definition) is 2. The number of hydrogen-bond donors (Lipinski definition) is 0. The number of alkyl halides is 2. The van der Waals surface area contributed by atoms with Crippen molar-refractivity contribution in [1.82, 2.24) is 9.80 Å². The monoisotopic (exact) mass is 150 g/mol. The predicted molar refractivity (Wildman–Crippen MR) is 34.8 cm³/mol. The molecule has 60 valence electrons. The smallest absolute Gasteiger partial charge is 0.233 e. The third-order valence-corrected chi connectivity index (χ3v) is 1.91. The SMILES string of the molecule is CN1CCCN(C)C1(F)F. The molecule has 0 aliphatic carbocycles. The van der Waals surface area contributed by atoms with Gasteiger partial charge in [-0.05, 0) is 20.5 Å². The molecule has 1 aliphatic rings. The van der Waals surface area contributed by atoms with Gasteiger partial charge in [-0.2, -0.15) is 8.78 Å². The summed E-state index contributed by atoms with van der Waals surface area (Å²) in [6, 6.07) is 0. The van der Waals surface area contributed by atoms with Gasteiger partial charge in [-0.25, -0.2) is 9.80 Å². The van der Waals surface area contributed by atoms with E-state index in [9.17, 15) is 8.78 Å². The van der Waals surface area contributed by atoms with Gasteiger partial charge in [-0.3, -0.25) is 0 Å². The summed E-state index contributed by atoms with van der Waals surface area (Å²) in [6.45, 7) is 0.967. The average Bonchev–Trinajstić information content (AvgIpc) is 1.84. The van der Waals surface area contributed by atoms with Crippen molar-refractivity contribution in [3.63, 3.8) is 0 Å². The first kappa shape index (κ1) is 7.88. The van der Waals surface area contributed by atoms with E-state index in [0.29, 0.717) is 13.1 Å². The van der Waals surface area contributed by atoms with Crippen molar-refractivity contribution in [1.29, 1.82) is 0 Å². The Morgan fingerprint density at radius 3 is 1.80 bits per heavy atom. The fraction of sp³-hybridized carbons (Fsp3) is 1.00. The molecule has 1 aliphatic heterocycles. The van der Waals surface area contributed by atoms with Crippen molar-refractivity contribution >= 4 is 0 Å². The molecule has 0 spiro atoms. The zero-order valence-electron chi connectivity index (χ0n) is 6.27. The summed E-state index contributed by atoms with van der Waals surface area (Å²) >= 11 is 0. The molecule has 2 nitrogen and oxygen atoms in total. The molecular weight excluding hydrogens is 138 g/mol. The number of rotatable bonds is 0. The van der Waals surface area contributed by atoms with Gasteiger partial charge in [-0.15, -0.1) is 0 Å². The maximum atomic E-state index is 12.8. The summed E-state index contributed by atoms with van der Waals surface area (Å²) in [7, 11) is 2.88. The van der Waals surface area contributed by atoms with Crippen LogP contribution < -0.4 is 0 Å². The van der Waals surface area contributed by atoms with Crippen LogP contribution in [-0.2, 0) is 0 Å². The summed E-state index contributed by atoms with van der Waals surface area (Å²) in [5.74, 6) is 0. The van der Waals surface area contributed by atoms with Crippen molar-refractivity contribution < 1.29 is 8.78 Å². The first-order chi connectivity index (χ1) is 4.55. The molecule has 4 heteroatoms. The second-order valence-electron chi connectivity index (χ2n) is 2.71. The Bertz CT molecular complexity index is 115. The standard InChI is InChI=1S/C6H12F2N2/c1-9-4-3-5-10(2)6(9,7)8/h3-5H2,1-2H3. The fourth-order valence-electron chi connectivity index (χ4n) is 1.11. The Morgan fingerprint density at radius 2 is 1.50 bits per heavy atom. The molecule has 0 aromatic carbocycles. The van der Waals surface area contributed by atoms with E-state index in [0.717, 1.165) is 16.2 Å². The van der Waals surface area contributed by atoms with Gasteiger partial charge in [0.05, 0.1) is 0 Å². The Balaban J connectivity index is 2.63. The highest BCUT2D eigenvalue weighted by atomic mass is 19.3. The van der Waals surface area contributed by atoms with Crippen molar-refractivity contribution in [2.45, 2.75) is 12.6 Å². The number of halogens is 2. The van der Waals surface area contributed by atoms with Gasteiger partial charge < -0.3 is 0 Å². The maximum absolute atomic E-state index is 12.8. The molecule has 0 amide bonds. The minimum atomic E-state index is -2.74. The van der Waals surface area contributed by atoms with Gasteiger partial charge >= 0.3 is 6.17 Å². The second-order valence-corrected chi connectivity index (χ2v) is 2.71. The lowest BCUT2D eigenvalue weighted by Gasteiger charge is -2.38. The molecule has 1 saturated heterocycles. The largest absolute Gasteiger partial charge is 0.369 e. The molecule has 0 unspecified atom stereocenters. The molecule has 0 aromatic heterocycles. The van der Waals surface area contributed by atoms with E-state index >= 15 is 0 Å². The molecule has 1 rings (SSSR count). The normalized spacial score (nSPS) is 28.8. The van der Waals surface area contributed by atoms with E-state index in [1.807, 2.05) is 0 Å². The van der Waals surface area contributed by atoms with Crippen molar-refractivity contribution in [2.75, 3.05) is 27.2 Å². The zero-order chi connectivity index (χ0) is 7.78. The molecule has 1 heterocycles. The Hall–Kier alpha value is -0.220. The van der Waals surface area contributed by atoms with Crippen LogP contribution in [0.4, 0.5) is 8.78 Å². The summed E-state index contributed by atoms with van der Waals surface area (Å²) in [4.78, 5) is 2.13. The first-order valence-corrected chi connectivity index (χ1v) is 3.35. The van der Waals surface area contributed by atoms with Gasteiger partial charge in [0.1, 0.15) is 0 Å². The van der Waals surface area contributed by atoms with Crippen molar-refractivity contribution in [2.24, 2.45) is 0 Å². The van der Waals surface area contributed by atoms with E-state index in [2.05, 4.69) is 0 Å². The molecule has 0 saturated carbocycles. The molecule has 0 bridgehead atoms. The summed E-state index contributed by atoms with van der Waals surface area (Å²) in [5, 5.41) is 0. The average molecular weight is 150 g/mol. The lowest BCUT2D eigenvalue weighted by atomic mass is 10.3. The number of nitrogens with zero attached hydrogens (tertiary/aromatic N) is 2. The highest BCUT2D eigenvalue weighted by Gasteiger charge is 2.41. The first-order valence-electron chi connectivity index (χ1n) is 3.35. The molecule has 0 atom stereocenters. The van der Waals surface area contributed by atoms with Crippen molar-refractivity contribution in [3.8, 4) is 0 Å². The zero-order valence-corrected chi connectivity index (χ0v) is 6.27. The van der Waals surface area contributed by atoms with Crippen molar-refractivity contribution in [3.05, 3.63) is 0 Å². The fourth-order valence-corrected chi connectivity index (χ4v) is 1.11. The van der Waals surface area contributed by atoms with E-state index in [4.69, 9.17) is 0 Å². The van der Waals surface area contributed by atoms with Crippen LogP contribution in [0.2, 0.25) is 0 Å². The minimum absolute atomic E-state index is 0.483. The van der Waals surface area contributed by atoms with Crippen LogP contribution in [-0.4, -0.2) is 43.2 Å². The summed E-state index contributed by atoms with van der Waals surface area (Å²) < 4.78 is 25.7.